The normalized spacial score (nSPS) is 18.9. The maximum Gasteiger partial charge on any atom is 0.256 e. The van der Waals surface area contributed by atoms with Crippen LogP contribution in [-0.4, -0.2) is 31.1 Å². The van der Waals surface area contributed by atoms with Crippen molar-refractivity contribution >= 4 is 33.2 Å². The van der Waals surface area contributed by atoms with Crippen LogP contribution in [0.15, 0.2) is 47.4 Å². The molecule has 132 valence electrons. The Labute approximate surface area is 152 Å². The van der Waals surface area contributed by atoms with Crippen molar-refractivity contribution in [1.29, 1.82) is 0 Å². The van der Waals surface area contributed by atoms with E-state index in [2.05, 4.69) is 5.32 Å². The monoisotopic (exact) mass is 375 g/mol. The first-order chi connectivity index (χ1) is 11.8. The van der Waals surface area contributed by atoms with Gasteiger partial charge in [0.25, 0.3) is 5.91 Å². The molecule has 0 bridgehead atoms. The topological polar surface area (TPSA) is 63.2 Å². The first-order valence-electron chi connectivity index (χ1n) is 8.19. The fraction of sp³-hybridized carbons (Fsp3) is 0.316. The number of anilines is 1. The summed E-state index contributed by atoms with van der Waals surface area (Å²) in [5.41, 5.74) is 3.53. The zero-order valence-electron chi connectivity index (χ0n) is 14.3. The van der Waals surface area contributed by atoms with E-state index in [1.54, 1.807) is 6.07 Å². The van der Waals surface area contributed by atoms with Crippen molar-refractivity contribution in [3.8, 4) is 0 Å². The summed E-state index contributed by atoms with van der Waals surface area (Å²) in [4.78, 5) is 13.6. The molecule has 1 aliphatic rings. The molecule has 0 unspecified atom stereocenters. The molecule has 0 radical (unpaired) electrons. The van der Waals surface area contributed by atoms with Crippen LogP contribution in [0.4, 0.5) is 5.69 Å². The van der Waals surface area contributed by atoms with Gasteiger partial charge in [-0.3, -0.25) is 4.79 Å². The summed E-state index contributed by atoms with van der Waals surface area (Å²) in [6.07, 6.45) is 0.639. The van der Waals surface area contributed by atoms with Crippen molar-refractivity contribution in [1.82, 2.24) is 0 Å². The van der Waals surface area contributed by atoms with Gasteiger partial charge in [-0.1, -0.05) is 29.8 Å². The molecular weight excluding hydrogens is 354 g/mol. The third kappa shape index (κ3) is 4.44. The van der Waals surface area contributed by atoms with Gasteiger partial charge < -0.3 is 5.32 Å². The molecule has 2 aromatic carbocycles. The molecule has 2 aromatic rings. The van der Waals surface area contributed by atoms with E-state index in [-0.39, 0.29) is 22.7 Å². The number of sulfone groups is 1. The molecule has 6 heteroatoms. The summed E-state index contributed by atoms with van der Waals surface area (Å²) in [6, 6.07) is 13.3. The predicted molar refractivity (Wildman–Crippen MR) is 103 cm³/mol. The van der Waals surface area contributed by atoms with Crippen LogP contribution in [0.25, 0.3) is 0 Å². The second-order valence-corrected chi connectivity index (χ2v) is 9.98. The van der Waals surface area contributed by atoms with Crippen molar-refractivity contribution < 1.29 is 13.2 Å². The fourth-order valence-electron chi connectivity index (χ4n) is 2.93. The minimum Gasteiger partial charge on any atom is -0.322 e. The Hall–Kier alpha value is -1.79. The number of carbonyl (C=O) groups excluding carboxylic acids is 1. The number of aryl methyl sites for hydroxylation is 2. The van der Waals surface area contributed by atoms with E-state index in [1.165, 1.54) is 11.8 Å². The van der Waals surface area contributed by atoms with Gasteiger partial charge in [0.2, 0.25) is 0 Å². The minimum atomic E-state index is -2.93. The molecule has 1 atom stereocenters. The van der Waals surface area contributed by atoms with Crippen LogP contribution in [-0.2, 0) is 9.84 Å². The Balaban J connectivity index is 1.79. The number of hydrogen-bond donors (Lipinski definition) is 1. The smallest absolute Gasteiger partial charge is 0.256 e. The number of benzene rings is 2. The van der Waals surface area contributed by atoms with Crippen LogP contribution >= 0.6 is 11.8 Å². The molecule has 1 N–H and O–H groups in total. The quantitative estimate of drug-likeness (QED) is 0.882. The van der Waals surface area contributed by atoms with E-state index in [4.69, 9.17) is 0 Å². The summed E-state index contributed by atoms with van der Waals surface area (Å²) >= 11 is 1.49. The SMILES string of the molecule is Cc1ccc(NC(=O)c2ccccc2S[C@H]2CCS(=O)(=O)C2)c(C)c1. The van der Waals surface area contributed by atoms with Crippen LogP contribution < -0.4 is 5.32 Å². The molecule has 3 rings (SSSR count). The molecule has 0 spiro atoms. The van der Waals surface area contributed by atoms with E-state index in [1.807, 2.05) is 50.2 Å². The lowest BCUT2D eigenvalue weighted by Crippen LogP contribution is -2.15. The van der Waals surface area contributed by atoms with Crippen molar-refractivity contribution in [2.45, 2.75) is 30.4 Å². The molecule has 0 aliphatic carbocycles. The molecule has 4 nitrogen and oxygen atoms in total. The maximum absolute atomic E-state index is 12.7. The molecule has 0 aromatic heterocycles. The minimum absolute atomic E-state index is 0.0139. The molecule has 1 saturated heterocycles. The van der Waals surface area contributed by atoms with Crippen molar-refractivity contribution in [3.05, 3.63) is 59.2 Å². The van der Waals surface area contributed by atoms with Crippen LogP contribution in [0.1, 0.15) is 27.9 Å². The number of thioether (sulfide) groups is 1. The predicted octanol–water partition coefficient (Wildman–Crippen LogP) is 3.83. The van der Waals surface area contributed by atoms with Gasteiger partial charge in [0.05, 0.1) is 17.1 Å². The van der Waals surface area contributed by atoms with E-state index in [0.29, 0.717) is 12.0 Å². The summed E-state index contributed by atoms with van der Waals surface area (Å²) in [5, 5.41) is 2.98. The van der Waals surface area contributed by atoms with Crippen molar-refractivity contribution in [2.24, 2.45) is 0 Å². The molecule has 1 heterocycles. The Morgan fingerprint density at radius 3 is 2.60 bits per heavy atom. The Bertz CT molecular complexity index is 907. The molecule has 1 aliphatic heterocycles. The number of nitrogens with one attached hydrogen (secondary N) is 1. The van der Waals surface area contributed by atoms with Crippen LogP contribution in [0.2, 0.25) is 0 Å². The Kier molecular flexibility index (Phi) is 5.20. The number of carbonyl (C=O) groups is 1. The number of hydrogen-bond acceptors (Lipinski definition) is 4. The lowest BCUT2D eigenvalue weighted by Gasteiger charge is -2.14. The number of rotatable bonds is 4. The van der Waals surface area contributed by atoms with E-state index in [0.717, 1.165) is 21.7 Å². The summed E-state index contributed by atoms with van der Waals surface area (Å²) < 4.78 is 23.3. The highest BCUT2D eigenvalue weighted by molar-refractivity contribution is 8.02. The zero-order chi connectivity index (χ0) is 18.0. The second-order valence-electron chi connectivity index (χ2n) is 6.41. The Morgan fingerprint density at radius 2 is 1.92 bits per heavy atom. The molecule has 25 heavy (non-hydrogen) atoms. The van der Waals surface area contributed by atoms with Crippen molar-refractivity contribution in [2.75, 3.05) is 16.8 Å². The molecule has 1 amide bonds. The van der Waals surface area contributed by atoms with Crippen molar-refractivity contribution in [3.63, 3.8) is 0 Å². The van der Waals surface area contributed by atoms with E-state index >= 15 is 0 Å². The van der Waals surface area contributed by atoms with Gasteiger partial charge in [-0.15, -0.1) is 11.8 Å². The van der Waals surface area contributed by atoms with Gasteiger partial charge in [0.1, 0.15) is 0 Å². The third-order valence-corrected chi connectivity index (χ3v) is 7.57. The van der Waals surface area contributed by atoms with Crippen LogP contribution in [0.5, 0.6) is 0 Å². The average Bonchev–Trinajstić information content (AvgIpc) is 2.89. The van der Waals surface area contributed by atoms with Gasteiger partial charge in [-0.25, -0.2) is 8.42 Å². The summed E-state index contributed by atoms with van der Waals surface area (Å²) in [5.74, 6) is 0.252. The Morgan fingerprint density at radius 1 is 1.16 bits per heavy atom. The lowest BCUT2D eigenvalue weighted by molar-refractivity contribution is 0.102. The van der Waals surface area contributed by atoms with Gasteiger partial charge in [0, 0.05) is 15.8 Å². The first kappa shape index (κ1) is 18.0. The van der Waals surface area contributed by atoms with Gasteiger partial charge in [-0.2, -0.15) is 0 Å². The number of amides is 1. The van der Waals surface area contributed by atoms with Gasteiger partial charge in [-0.05, 0) is 44.0 Å². The third-order valence-electron chi connectivity index (χ3n) is 4.25. The average molecular weight is 376 g/mol. The molecule has 1 fully saturated rings. The largest absolute Gasteiger partial charge is 0.322 e. The van der Waals surface area contributed by atoms with Gasteiger partial charge in [0.15, 0.2) is 9.84 Å². The zero-order valence-corrected chi connectivity index (χ0v) is 15.9. The first-order valence-corrected chi connectivity index (χ1v) is 10.9. The second kappa shape index (κ2) is 7.22. The highest BCUT2D eigenvalue weighted by atomic mass is 32.2. The molecule has 0 saturated carbocycles. The highest BCUT2D eigenvalue weighted by Crippen LogP contribution is 2.33. The van der Waals surface area contributed by atoms with Crippen LogP contribution in [0.3, 0.4) is 0 Å². The van der Waals surface area contributed by atoms with Gasteiger partial charge >= 0.3 is 0 Å². The fourth-order valence-corrected chi connectivity index (χ4v) is 6.56. The van der Waals surface area contributed by atoms with E-state index < -0.39 is 9.84 Å². The van der Waals surface area contributed by atoms with Crippen LogP contribution in [0, 0.1) is 13.8 Å². The lowest BCUT2D eigenvalue weighted by atomic mass is 10.1. The summed E-state index contributed by atoms with van der Waals surface area (Å²) in [6.45, 7) is 3.98. The molecular formula is C19H21NO3S2. The summed E-state index contributed by atoms with van der Waals surface area (Å²) in [7, 11) is -2.93. The highest BCUT2D eigenvalue weighted by Gasteiger charge is 2.29. The van der Waals surface area contributed by atoms with E-state index in [9.17, 15) is 13.2 Å². The maximum atomic E-state index is 12.7. The standard InChI is InChI=1S/C19H21NO3S2/c1-13-7-8-17(14(2)11-13)20-19(21)16-5-3-4-6-18(16)24-15-9-10-25(22,23)12-15/h3-8,11,15H,9-10,12H2,1-2H3,(H,20,21)/t15-/m0/s1.